The molecule has 0 aliphatic carbocycles. The lowest BCUT2D eigenvalue weighted by molar-refractivity contribution is 0.0190. The first-order valence-electron chi connectivity index (χ1n) is 14.9. The van der Waals surface area contributed by atoms with Gasteiger partial charge in [0.1, 0.15) is 0 Å². The average molecular weight is 594 g/mol. The van der Waals surface area contributed by atoms with Gasteiger partial charge in [-0.2, -0.15) is 0 Å². The van der Waals surface area contributed by atoms with Crippen LogP contribution in [0.1, 0.15) is 46.1 Å². The van der Waals surface area contributed by atoms with Crippen LogP contribution in [0.2, 0.25) is 0 Å². The zero-order chi connectivity index (χ0) is 30.1. The number of amides is 1. The number of rotatable bonds is 7. The molecule has 2 aliphatic rings. The molecule has 3 aromatic rings. The number of aromatic nitrogens is 1. The van der Waals surface area contributed by atoms with E-state index in [0.717, 1.165) is 47.0 Å². The summed E-state index contributed by atoms with van der Waals surface area (Å²) in [5.74, 6) is 0.137. The lowest BCUT2D eigenvalue weighted by atomic mass is 9.84. The van der Waals surface area contributed by atoms with Crippen molar-refractivity contribution >= 4 is 32.6 Å². The molecule has 2 fully saturated rings. The first kappa shape index (κ1) is 30.3. The number of piperidine rings is 1. The maximum absolute atomic E-state index is 12.3. The molecule has 10 heteroatoms. The Balaban J connectivity index is 1.35. The van der Waals surface area contributed by atoms with Crippen molar-refractivity contribution < 1.29 is 18.3 Å². The number of nitrogens with one attached hydrogen (secondary N) is 1. The molecule has 1 atom stereocenters. The monoisotopic (exact) mass is 593 g/mol. The third kappa shape index (κ3) is 6.71. The minimum absolute atomic E-state index is 0.0661. The highest BCUT2D eigenvalue weighted by Crippen LogP contribution is 2.33. The highest BCUT2D eigenvalue weighted by Gasteiger charge is 2.38. The fourth-order valence-corrected chi connectivity index (χ4v) is 7.36. The molecule has 2 aliphatic heterocycles. The van der Waals surface area contributed by atoms with Crippen molar-refractivity contribution in [2.45, 2.75) is 59.2 Å². The zero-order valence-corrected chi connectivity index (χ0v) is 25.9. The van der Waals surface area contributed by atoms with Gasteiger partial charge in [-0.05, 0) is 71.5 Å². The van der Waals surface area contributed by atoms with Crippen molar-refractivity contribution in [3.63, 3.8) is 0 Å². The van der Waals surface area contributed by atoms with Crippen LogP contribution in [0.25, 0.3) is 21.9 Å². The number of fused-ring (bicyclic) bond motifs is 1. The molecule has 5 rings (SSSR count). The Morgan fingerprint density at radius 3 is 2.50 bits per heavy atom. The molecule has 9 nitrogen and oxygen atoms in total. The number of sulfonamides is 1. The maximum Gasteiger partial charge on any atom is 0.407 e. The molecule has 0 radical (unpaired) electrons. The number of piperazine rings is 1. The number of carboxylic acid groups (broad SMARTS) is 1. The predicted octanol–water partition coefficient (Wildman–Crippen LogP) is 5.34. The first-order chi connectivity index (χ1) is 19.9. The maximum atomic E-state index is 12.3. The molecule has 0 saturated carbocycles. The third-order valence-corrected chi connectivity index (χ3v) is 10.6. The van der Waals surface area contributed by atoms with Gasteiger partial charge in [-0.3, -0.25) is 9.88 Å². The van der Waals surface area contributed by atoms with Gasteiger partial charge in [0.15, 0.2) is 0 Å². The molecule has 1 unspecified atom stereocenters. The highest BCUT2D eigenvalue weighted by atomic mass is 32.2. The largest absolute Gasteiger partial charge is 0.465 e. The second-order valence-electron chi connectivity index (χ2n) is 12.6. The van der Waals surface area contributed by atoms with Crippen LogP contribution in [-0.2, 0) is 16.6 Å². The summed E-state index contributed by atoms with van der Waals surface area (Å²) in [5.41, 5.74) is 4.28. The SMILES string of the molecule is CCS(=O)(=O)N1CCC(Nc2cc(-c3cccc(CN4CCN(C(=O)O)C(C(C)(C)C)C4)c3)cc3ccncc23)CC1. The molecule has 2 N–H and O–H groups in total. The number of hydrogen-bond donors (Lipinski definition) is 2. The van der Waals surface area contributed by atoms with E-state index in [1.807, 2.05) is 18.5 Å². The van der Waals surface area contributed by atoms with Crippen LogP contribution in [0.15, 0.2) is 54.9 Å². The van der Waals surface area contributed by atoms with Crippen LogP contribution in [0.5, 0.6) is 0 Å². The second kappa shape index (κ2) is 12.2. The number of benzene rings is 2. The topological polar surface area (TPSA) is 106 Å². The van der Waals surface area contributed by atoms with Crippen molar-refractivity contribution in [2.24, 2.45) is 5.41 Å². The van der Waals surface area contributed by atoms with E-state index in [1.165, 1.54) is 5.56 Å². The van der Waals surface area contributed by atoms with Gasteiger partial charge in [-0.1, -0.05) is 39.0 Å². The molecule has 2 saturated heterocycles. The van der Waals surface area contributed by atoms with Gasteiger partial charge in [0.2, 0.25) is 10.0 Å². The third-order valence-electron chi connectivity index (χ3n) is 8.70. The summed E-state index contributed by atoms with van der Waals surface area (Å²) in [4.78, 5) is 20.2. The molecule has 1 amide bonds. The Hall–Kier alpha value is -3.21. The van der Waals surface area contributed by atoms with E-state index in [4.69, 9.17) is 0 Å². The number of hydrogen-bond acceptors (Lipinski definition) is 6. The van der Waals surface area contributed by atoms with Crippen molar-refractivity contribution in [3.8, 4) is 11.1 Å². The minimum atomic E-state index is -3.16. The molecule has 3 heterocycles. The Labute approximate surface area is 249 Å². The van der Waals surface area contributed by atoms with Crippen molar-refractivity contribution in [3.05, 3.63) is 60.4 Å². The molecular formula is C32H43N5O4S. The molecule has 226 valence electrons. The average Bonchev–Trinajstić information content (AvgIpc) is 2.97. The van der Waals surface area contributed by atoms with Crippen LogP contribution in [0.3, 0.4) is 0 Å². The second-order valence-corrected chi connectivity index (χ2v) is 14.9. The van der Waals surface area contributed by atoms with Gasteiger partial charge < -0.3 is 15.3 Å². The van der Waals surface area contributed by atoms with E-state index in [9.17, 15) is 18.3 Å². The summed E-state index contributed by atoms with van der Waals surface area (Å²) in [6, 6.07) is 15.1. The summed E-state index contributed by atoms with van der Waals surface area (Å²) in [6.07, 6.45) is 4.36. The van der Waals surface area contributed by atoms with Crippen LogP contribution >= 0.6 is 0 Å². The van der Waals surface area contributed by atoms with Crippen molar-refractivity contribution in [1.82, 2.24) is 19.1 Å². The van der Waals surface area contributed by atoms with Crippen LogP contribution in [0.4, 0.5) is 10.5 Å². The fourth-order valence-electron chi connectivity index (χ4n) is 6.23. The van der Waals surface area contributed by atoms with Gasteiger partial charge in [0.25, 0.3) is 0 Å². The van der Waals surface area contributed by atoms with E-state index in [-0.39, 0.29) is 23.3 Å². The van der Waals surface area contributed by atoms with E-state index in [2.05, 4.69) is 72.4 Å². The van der Waals surface area contributed by atoms with E-state index in [0.29, 0.717) is 32.7 Å². The number of pyridine rings is 1. The van der Waals surface area contributed by atoms with Crippen molar-refractivity contribution in [2.75, 3.05) is 43.8 Å². The standard InChI is InChI=1S/C32H43N5O4S/c1-5-42(40,41)36-13-10-27(11-14-36)34-29-19-26(18-25-9-12-33-20-28(25)29)24-8-6-7-23(17-24)21-35-15-16-37(31(38)39)30(22-35)32(2,3)4/h6-9,12,17-20,27,30,34H,5,10-11,13-16,21-22H2,1-4H3,(H,38,39). The normalized spacial score (nSPS) is 19.7. The lowest BCUT2D eigenvalue weighted by Crippen LogP contribution is -2.59. The number of anilines is 1. The van der Waals surface area contributed by atoms with Gasteiger partial charge in [-0.15, -0.1) is 0 Å². The van der Waals surface area contributed by atoms with E-state index >= 15 is 0 Å². The molecule has 1 aromatic heterocycles. The van der Waals surface area contributed by atoms with Gasteiger partial charge in [0, 0.05) is 68.8 Å². The Kier molecular flexibility index (Phi) is 8.78. The van der Waals surface area contributed by atoms with Crippen LogP contribution in [-0.4, -0.2) is 89.3 Å². The summed E-state index contributed by atoms with van der Waals surface area (Å²) < 4.78 is 26.2. The van der Waals surface area contributed by atoms with Crippen LogP contribution < -0.4 is 5.32 Å². The zero-order valence-electron chi connectivity index (χ0n) is 25.1. The molecule has 42 heavy (non-hydrogen) atoms. The minimum Gasteiger partial charge on any atom is -0.465 e. The van der Waals surface area contributed by atoms with Crippen LogP contribution in [0, 0.1) is 5.41 Å². The van der Waals surface area contributed by atoms with Crippen molar-refractivity contribution in [1.29, 1.82) is 0 Å². The summed E-state index contributed by atoms with van der Waals surface area (Å²) in [7, 11) is -3.16. The Bertz CT molecular complexity index is 1530. The number of nitrogens with zero attached hydrogens (tertiary/aromatic N) is 4. The molecule has 0 bridgehead atoms. The van der Waals surface area contributed by atoms with Gasteiger partial charge in [-0.25, -0.2) is 17.5 Å². The quantitative estimate of drug-likeness (QED) is 0.381. The summed E-state index contributed by atoms with van der Waals surface area (Å²) in [5, 5.41) is 15.6. The summed E-state index contributed by atoms with van der Waals surface area (Å²) >= 11 is 0. The van der Waals surface area contributed by atoms with Gasteiger partial charge >= 0.3 is 6.09 Å². The van der Waals surface area contributed by atoms with E-state index < -0.39 is 16.1 Å². The fraction of sp³-hybridized carbons (Fsp3) is 0.500. The molecule has 0 spiro atoms. The first-order valence-corrected chi connectivity index (χ1v) is 16.5. The molecule has 2 aromatic carbocycles. The summed E-state index contributed by atoms with van der Waals surface area (Å²) in [6.45, 7) is 11.8. The van der Waals surface area contributed by atoms with Gasteiger partial charge in [0.05, 0.1) is 11.8 Å². The number of carbonyl (C=O) groups is 1. The highest BCUT2D eigenvalue weighted by molar-refractivity contribution is 7.89. The molecular weight excluding hydrogens is 550 g/mol. The Morgan fingerprint density at radius 2 is 1.81 bits per heavy atom. The van der Waals surface area contributed by atoms with E-state index in [1.54, 1.807) is 16.1 Å². The predicted molar refractivity (Wildman–Crippen MR) is 168 cm³/mol. The lowest BCUT2D eigenvalue weighted by Gasteiger charge is -2.46. The Morgan fingerprint density at radius 1 is 1.05 bits per heavy atom. The smallest absolute Gasteiger partial charge is 0.407 e.